The third-order valence-corrected chi connectivity index (χ3v) is 13.0. The molecule has 4 aromatic rings. The number of fused-ring (bicyclic) bond motifs is 1. The first-order valence-electron chi connectivity index (χ1n) is 14.6. The minimum Gasteiger partial charge on any atom is -0.393 e. The molecule has 7 nitrogen and oxygen atoms in total. The molecule has 0 radical (unpaired) electrons. The molecular weight excluding hydrogens is 616 g/mol. The van der Waals surface area contributed by atoms with Gasteiger partial charge in [0.05, 0.1) is 28.0 Å². The largest absolute Gasteiger partial charge is 0.393 e. The summed E-state index contributed by atoms with van der Waals surface area (Å²) in [7, 11) is -8.09. The normalized spacial score (nSPS) is 25.0. The number of aliphatic hydroxyl groups is 1. The fourth-order valence-electron chi connectivity index (χ4n) is 6.65. The summed E-state index contributed by atoms with van der Waals surface area (Å²) in [5.74, 6) is -0.661. The van der Waals surface area contributed by atoms with Gasteiger partial charge in [-0.25, -0.2) is 16.8 Å². The summed E-state index contributed by atoms with van der Waals surface area (Å²) in [4.78, 5) is 0.304. The molecule has 6 rings (SSSR count). The SMILES string of the molecule is Cc1ccc(S(=O)(=O)N2CC3C(O)CC(c4ccccc4)N(S(=O)(=O)c4ccc(C)cc4)C3CC2c2cccc(Cl)c2)cc1. The predicted molar refractivity (Wildman–Crippen MR) is 171 cm³/mol. The Morgan fingerprint density at radius 2 is 1.25 bits per heavy atom. The molecule has 44 heavy (non-hydrogen) atoms. The molecule has 2 saturated heterocycles. The average molecular weight is 651 g/mol. The van der Waals surface area contributed by atoms with Gasteiger partial charge < -0.3 is 5.11 Å². The molecule has 2 aliphatic rings. The first-order chi connectivity index (χ1) is 21.0. The Labute approximate surface area is 264 Å². The second-order valence-electron chi connectivity index (χ2n) is 11.8. The van der Waals surface area contributed by atoms with Gasteiger partial charge in [0.25, 0.3) is 0 Å². The number of rotatable bonds is 6. The highest BCUT2D eigenvalue weighted by Gasteiger charge is 2.54. The van der Waals surface area contributed by atoms with Gasteiger partial charge in [-0.05, 0) is 74.2 Å². The number of nitrogens with zero attached hydrogens (tertiary/aromatic N) is 2. The van der Waals surface area contributed by atoms with E-state index in [1.807, 2.05) is 50.2 Å². The highest BCUT2D eigenvalue weighted by Crippen LogP contribution is 2.49. The molecule has 0 aliphatic carbocycles. The van der Waals surface area contributed by atoms with E-state index in [0.717, 1.165) is 16.7 Å². The van der Waals surface area contributed by atoms with Crippen LogP contribution in [0.3, 0.4) is 0 Å². The number of hydrogen-bond acceptors (Lipinski definition) is 5. The molecule has 2 heterocycles. The highest BCUT2D eigenvalue weighted by atomic mass is 35.5. The number of aliphatic hydroxyl groups excluding tert-OH is 1. The van der Waals surface area contributed by atoms with E-state index in [0.29, 0.717) is 10.6 Å². The van der Waals surface area contributed by atoms with Gasteiger partial charge in [0, 0.05) is 23.5 Å². The average Bonchev–Trinajstić information content (AvgIpc) is 3.01. The van der Waals surface area contributed by atoms with E-state index in [-0.39, 0.29) is 29.2 Å². The lowest BCUT2D eigenvalue weighted by atomic mass is 9.77. The van der Waals surface area contributed by atoms with Crippen LogP contribution < -0.4 is 0 Å². The van der Waals surface area contributed by atoms with Crippen molar-refractivity contribution in [2.24, 2.45) is 5.92 Å². The van der Waals surface area contributed by atoms with Gasteiger partial charge in [0.2, 0.25) is 20.0 Å². The minimum atomic E-state index is -4.07. The van der Waals surface area contributed by atoms with E-state index in [1.54, 1.807) is 66.7 Å². The van der Waals surface area contributed by atoms with Crippen LogP contribution >= 0.6 is 11.6 Å². The lowest BCUT2D eigenvalue weighted by Crippen LogP contribution is -2.62. The number of piperidine rings is 2. The number of halogens is 1. The number of hydrogen-bond donors (Lipinski definition) is 1. The summed E-state index contributed by atoms with van der Waals surface area (Å²) in [6.07, 6.45) is -0.663. The molecule has 2 aliphatic heterocycles. The molecule has 5 unspecified atom stereocenters. The maximum atomic E-state index is 14.6. The monoisotopic (exact) mass is 650 g/mol. The number of aryl methyl sites for hydroxylation is 2. The van der Waals surface area contributed by atoms with E-state index in [4.69, 9.17) is 11.6 Å². The summed E-state index contributed by atoms with van der Waals surface area (Å²) in [5.41, 5.74) is 3.30. The zero-order valence-corrected chi connectivity index (χ0v) is 26.9. The Bertz CT molecular complexity index is 1850. The fourth-order valence-corrected chi connectivity index (χ4v) is 10.4. The van der Waals surface area contributed by atoms with Crippen molar-refractivity contribution in [3.05, 3.63) is 130 Å². The van der Waals surface area contributed by atoms with Gasteiger partial charge in [-0.3, -0.25) is 0 Å². The zero-order chi connectivity index (χ0) is 31.2. The standard InChI is InChI=1S/C34H35ClN2O5S2/c1-23-11-15-28(16-12-23)43(39,40)36-22-30-33(20-31(36)26-9-6-10-27(35)19-26)37(44(41,42)29-17-13-24(2)14-18-29)32(21-34(30)38)25-7-4-3-5-8-25/h3-19,30-34,38H,20-22H2,1-2H3. The van der Waals surface area contributed by atoms with Crippen molar-refractivity contribution >= 4 is 31.6 Å². The Hall–Kier alpha value is -3.05. The second kappa shape index (κ2) is 12.0. The van der Waals surface area contributed by atoms with E-state index in [1.165, 1.54) is 8.61 Å². The van der Waals surface area contributed by atoms with Crippen molar-refractivity contribution in [1.82, 2.24) is 8.61 Å². The molecule has 5 atom stereocenters. The molecule has 2 fully saturated rings. The molecule has 0 bridgehead atoms. The van der Waals surface area contributed by atoms with Crippen LogP contribution in [0.5, 0.6) is 0 Å². The van der Waals surface area contributed by atoms with Crippen LogP contribution in [0.25, 0.3) is 0 Å². The molecule has 0 amide bonds. The van der Waals surface area contributed by atoms with Gasteiger partial charge in [-0.2, -0.15) is 8.61 Å². The van der Waals surface area contributed by atoms with E-state index in [9.17, 15) is 21.9 Å². The summed E-state index contributed by atoms with van der Waals surface area (Å²) in [5, 5.41) is 12.1. The highest BCUT2D eigenvalue weighted by molar-refractivity contribution is 7.89. The van der Waals surface area contributed by atoms with Gasteiger partial charge in [-0.15, -0.1) is 0 Å². The van der Waals surface area contributed by atoms with Gasteiger partial charge in [-0.1, -0.05) is 89.5 Å². The van der Waals surface area contributed by atoms with E-state index >= 15 is 0 Å². The first kappa shape index (κ1) is 31.0. The van der Waals surface area contributed by atoms with Crippen LogP contribution in [0.1, 0.15) is 47.2 Å². The van der Waals surface area contributed by atoms with Crippen molar-refractivity contribution in [3.63, 3.8) is 0 Å². The van der Waals surface area contributed by atoms with Crippen LogP contribution in [-0.2, 0) is 20.0 Å². The van der Waals surface area contributed by atoms with Crippen LogP contribution in [0, 0.1) is 19.8 Å². The topological polar surface area (TPSA) is 95.0 Å². The van der Waals surface area contributed by atoms with Gasteiger partial charge in [0.15, 0.2) is 0 Å². The van der Waals surface area contributed by atoms with Crippen LogP contribution in [-0.4, -0.2) is 49.2 Å². The predicted octanol–water partition coefficient (Wildman–Crippen LogP) is 6.27. The molecule has 0 saturated carbocycles. The van der Waals surface area contributed by atoms with Gasteiger partial charge in [0.1, 0.15) is 0 Å². The summed E-state index contributed by atoms with van der Waals surface area (Å²) >= 11 is 6.40. The second-order valence-corrected chi connectivity index (χ2v) is 16.0. The Kier molecular flexibility index (Phi) is 8.47. The third-order valence-electron chi connectivity index (χ3n) is 8.93. The van der Waals surface area contributed by atoms with Crippen molar-refractivity contribution in [2.75, 3.05) is 6.54 Å². The maximum absolute atomic E-state index is 14.6. The summed E-state index contributed by atoms with van der Waals surface area (Å²) in [6.45, 7) is 3.73. The Morgan fingerprint density at radius 1 is 0.682 bits per heavy atom. The zero-order valence-electron chi connectivity index (χ0n) is 24.5. The molecule has 10 heteroatoms. The van der Waals surface area contributed by atoms with E-state index < -0.39 is 50.2 Å². The van der Waals surface area contributed by atoms with Crippen molar-refractivity contribution in [3.8, 4) is 0 Å². The first-order valence-corrected chi connectivity index (χ1v) is 17.9. The maximum Gasteiger partial charge on any atom is 0.243 e. The Morgan fingerprint density at radius 3 is 1.84 bits per heavy atom. The van der Waals surface area contributed by atoms with Crippen LogP contribution in [0.15, 0.2) is 113 Å². The van der Waals surface area contributed by atoms with Gasteiger partial charge >= 0.3 is 0 Å². The molecular formula is C34H35ClN2O5S2. The molecule has 4 aromatic carbocycles. The minimum absolute atomic E-state index is 0.0549. The summed E-state index contributed by atoms with van der Waals surface area (Å²) < 4.78 is 60.6. The number of benzene rings is 4. The lowest BCUT2D eigenvalue weighted by Gasteiger charge is -2.53. The van der Waals surface area contributed by atoms with Crippen molar-refractivity contribution in [2.45, 2.75) is 60.7 Å². The van der Waals surface area contributed by atoms with Crippen molar-refractivity contribution < 1.29 is 21.9 Å². The van der Waals surface area contributed by atoms with E-state index in [2.05, 4.69) is 0 Å². The van der Waals surface area contributed by atoms with Crippen molar-refractivity contribution in [1.29, 1.82) is 0 Å². The lowest BCUT2D eigenvalue weighted by molar-refractivity contribution is -0.0492. The summed E-state index contributed by atoms with van der Waals surface area (Å²) in [6, 6.07) is 27.8. The van der Waals surface area contributed by atoms with Crippen LogP contribution in [0.4, 0.5) is 0 Å². The van der Waals surface area contributed by atoms with Crippen LogP contribution in [0.2, 0.25) is 5.02 Å². The third kappa shape index (κ3) is 5.73. The number of sulfonamides is 2. The smallest absolute Gasteiger partial charge is 0.243 e. The molecule has 0 spiro atoms. The quantitative estimate of drug-likeness (QED) is 0.265. The Balaban J connectivity index is 1.50. The molecule has 230 valence electrons. The molecule has 1 N–H and O–H groups in total. The molecule has 0 aromatic heterocycles. The fraction of sp³-hybridized carbons (Fsp3) is 0.294.